The standard InChI is InChI=1S/C19H20N6OS/c1-10-5-12-7-14(27-17(12)13(6-10)26-2)15-16-18(20)22-9-23-25(16)19(24-15)11-3-4-21-8-11/h5-7,9,11,21H,3-4,8H2,1-2H3,(H2,20,22,23)/t11-/m0/s1. The van der Waals surface area contributed by atoms with Gasteiger partial charge in [0.2, 0.25) is 0 Å². The average Bonchev–Trinajstić information content (AvgIpc) is 3.38. The molecule has 1 aliphatic rings. The van der Waals surface area contributed by atoms with Crippen LogP contribution in [0.5, 0.6) is 5.75 Å². The number of hydrogen-bond donors (Lipinski definition) is 2. The Bertz CT molecular complexity index is 1160. The van der Waals surface area contributed by atoms with Crippen LogP contribution in [0.25, 0.3) is 26.2 Å². The fourth-order valence-electron chi connectivity index (χ4n) is 3.82. The fourth-order valence-corrected chi connectivity index (χ4v) is 4.94. The van der Waals surface area contributed by atoms with Crippen LogP contribution in [0.4, 0.5) is 5.82 Å². The summed E-state index contributed by atoms with van der Waals surface area (Å²) in [7, 11) is 1.71. The number of anilines is 1. The van der Waals surface area contributed by atoms with Gasteiger partial charge in [0.15, 0.2) is 5.82 Å². The first-order valence-corrected chi connectivity index (χ1v) is 9.75. The lowest BCUT2D eigenvalue weighted by Gasteiger charge is -2.05. The van der Waals surface area contributed by atoms with Crippen LogP contribution in [-0.4, -0.2) is 39.8 Å². The molecule has 4 heterocycles. The number of ether oxygens (including phenoxy) is 1. The van der Waals surface area contributed by atoms with Gasteiger partial charge in [-0.25, -0.2) is 14.5 Å². The minimum atomic E-state index is 0.326. The normalized spacial score (nSPS) is 17.2. The van der Waals surface area contributed by atoms with Gasteiger partial charge in [0.25, 0.3) is 0 Å². The minimum absolute atomic E-state index is 0.326. The Morgan fingerprint density at radius 1 is 1.33 bits per heavy atom. The molecule has 138 valence electrons. The van der Waals surface area contributed by atoms with Crippen molar-refractivity contribution in [2.45, 2.75) is 19.3 Å². The zero-order chi connectivity index (χ0) is 18.5. The van der Waals surface area contributed by atoms with Gasteiger partial charge in [0, 0.05) is 12.5 Å². The number of aryl methyl sites for hydroxylation is 1. The van der Waals surface area contributed by atoms with Crippen molar-refractivity contribution < 1.29 is 4.74 Å². The summed E-state index contributed by atoms with van der Waals surface area (Å²) in [6.07, 6.45) is 2.54. The first-order chi connectivity index (χ1) is 13.2. The monoisotopic (exact) mass is 380 g/mol. The summed E-state index contributed by atoms with van der Waals surface area (Å²) < 4.78 is 8.56. The highest BCUT2D eigenvalue weighted by atomic mass is 32.1. The Labute approximate surface area is 160 Å². The highest BCUT2D eigenvalue weighted by Crippen LogP contribution is 2.41. The van der Waals surface area contributed by atoms with E-state index in [0.29, 0.717) is 11.7 Å². The predicted octanol–water partition coefficient (Wildman–Crippen LogP) is 2.98. The molecule has 0 aliphatic carbocycles. The van der Waals surface area contributed by atoms with E-state index in [9.17, 15) is 0 Å². The quantitative estimate of drug-likeness (QED) is 0.568. The zero-order valence-corrected chi connectivity index (χ0v) is 16.0. The van der Waals surface area contributed by atoms with Crippen molar-refractivity contribution in [2.24, 2.45) is 0 Å². The summed E-state index contributed by atoms with van der Waals surface area (Å²) in [5.74, 6) is 2.60. The van der Waals surface area contributed by atoms with Gasteiger partial charge in [-0.05, 0) is 43.0 Å². The van der Waals surface area contributed by atoms with Crippen LogP contribution in [0.15, 0.2) is 24.5 Å². The van der Waals surface area contributed by atoms with E-state index in [4.69, 9.17) is 15.5 Å². The Morgan fingerprint density at radius 2 is 2.22 bits per heavy atom. The Hall–Kier alpha value is -2.71. The molecule has 0 unspecified atom stereocenters. The maximum Gasteiger partial charge on any atom is 0.153 e. The summed E-state index contributed by atoms with van der Waals surface area (Å²) in [5.41, 5.74) is 9.02. The van der Waals surface area contributed by atoms with Gasteiger partial charge in [0.05, 0.1) is 16.7 Å². The lowest BCUT2D eigenvalue weighted by atomic mass is 10.1. The molecule has 3 aromatic heterocycles. The second-order valence-corrected chi connectivity index (χ2v) is 7.96. The van der Waals surface area contributed by atoms with E-state index in [1.54, 1.807) is 18.4 Å². The molecule has 1 saturated heterocycles. The number of hydrogen-bond acceptors (Lipinski definition) is 7. The molecule has 1 aliphatic heterocycles. The average molecular weight is 380 g/mol. The molecule has 0 amide bonds. The summed E-state index contributed by atoms with van der Waals surface area (Å²) >= 11 is 1.66. The number of nitrogens with two attached hydrogens (primary N) is 1. The van der Waals surface area contributed by atoms with Gasteiger partial charge in [-0.3, -0.25) is 0 Å². The summed E-state index contributed by atoms with van der Waals surface area (Å²) in [5, 5.41) is 9.00. The number of methoxy groups -OCH3 is 1. The van der Waals surface area contributed by atoms with Crippen LogP contribution < -0.4 is 15.8 Å². The lowest BCUT2D eigenvalue weighted by molar-refractivity contribution is 0.420. The van der Waals surface area contributed by atoms with Gasteiger partial charge in [-0.2, -0.15) is 5.10 Å². The summed E-state index contributed by atoms with van der Waals surface area (Å²) in [6, 6.07) is 6.37. The van der Waals surface area contributed by atoms with Crippen molar-refractivity contribution in [3.05, 3.63) is 35.9 Å². The molecule has 8 heteroatoms. The largest absolute Gasteiger partial charge is 0.495 e. The molecule has 0 radical (unpaired) electrons. The maximum absolute atomic E-state index is 6.23. The van der Waals surface area contributed by atoms with E-state index in [0.717, 1.165) is 57.3 Å². The number of nitrogen functional groups attached to an aromatic ring is 1. The van der Waals surface area contributed by atoms with Gasteiger partial charge < -0.3 is 15.8 Å². The van der Waals surface area contributed by atoms with Crippen molar-refractivity contribution in [3.63, 3.8) is 0 Å². The van der Waals surface area contributed by atoms with Crippen LogP contribution in [0.2, 0.25) is 0 Å². The molecule has 4 aromatic rings. The van der Waals surface area contributed by atoms with Gasteiger partial charge in [-0.15, -0.1) is 11.3 Å². The molecule has 0 saturated carbocycles. The van der Waals surface area contributed by atoms with E-state index in [1.807, 2.05) is 4.52 Å². The SMILES string of the molecule is COc1cc(C)cc2cc(-c3nc([C@H]4CCNC4)n4ncnc(N)c34)sc12. The van der Waals surface area contributed by atoms with Crippen LogP contribution in [0, 0.1) is 6.92 Å². The highest BCUT2D eigenvalue weighted by Gasteiger charge is 2.26. The minimum Gasteiger partial charge on any atom is -0.495 e. The Morgan fingerprint density at radius 3 is 3.00 bits per heavy atom. The first-order valence-electron chi connectivity index (χ1n) is 8.94. The predicted molar refractivity (Wildman–Crippen MR) is 108 cm³/mol. The van der Waals surface area contributed by atoms with Crippen molar-refractivity contribution in [3.8, 4) is 16.3 Å². The van der Waals surface area contributed by atoms with Gasteiger partial charge in [0.1, 0.15) is 29.1 Å². The number of fused-ring (bicyclic) bond motifs is 2. The lowest BCUT2D eigenvalue weighted by Crippen LogP contribution is -2.11. The summed E-state index contributed by atoms with van der Waals surface area (Å²) in [6.45, 7) is 3.97. The van der Waals surface area contributed by atoms with Crippen molar-refractivity contribution in [1.29, 1.82) is 0 Å². The molecular formula is C19H20N6OS. The number of imidazole rings is 1. The van der Waals surface area contributed by atoms with E-state index >= 15 is 0 Å². The molecule has 0 bridgehead atoms. The second-order valence-electron chi connectivity index (χ2n) is 6.91. The second kappa shape index (κ2) is 6.17. The number of nitrogens with one attached hydrogen (secondary N) is 1. The third kappa shape index (κ3) is 2.55. The number of rotatable bonds is 3. The molecule has 1 fully saturated rings. The van der Waals surface area contributed by atoms with Gasteiger partial charge >= 0.3 is 0 Å². The summed E-state index contributed by atoms with van der Waals surface area (Å²) in [4.78, 5) is 10.2. The molecule has 1 aromatic carbocycles. The van der Waals surface area contributed by atoms with E-state index in [-0.39, 0.29) is 0 Å². The molecule has 5 rings (SSSR count). The third-order valence-corrected chi connectivity index (χ3v) is 6.26. The van der Waals surface area contributed by atoms with E-state index < -0.39 is 0 Å². The topological polar surface area (TPSA) is 90.4 Å². The van der Waals surface area contributed by atoms with Gasteiger partial charge in [-0.1, -0.05) is 6.07 Å². The first kappa shape index (κ1) is 16.5. The van der Waals surface area contributed by atoms with E-state index in [2.05, 4.69) is 40.5 Å². The molecule has 1 atom stereocenters. The molecule has 27 heavy (non-hydrogen) atoms. The van der Waals surface area contributed by atoms with E-state index in [1.165, 1.54) is 11.9 Å². The number of aromatic nitrogens is 4. The molecule has 3 N–H and O–H groups in total. The van der Waals surface area contributed by atoms with Crippen LogP contribution in [0.1, 0.15) is 23.7 Å². The number of thiophene rings is 1. The smallest absolute Gasteiger partial charge is 0.153 e. The van der Waals surface area contributed by atoms with Crippen molar-refractivity contribution in [1.82, 2.24) is 24.9 Å². The van der Waals surface area contributed by atoms with Crippen LogP contribution in [-0.2, 0) is 0 Å². The fraction of sp³-hybridized carbons (Fsp3) is 0.316. The molecular weight excluding hydrogens is 360 g/mol. The highest BCUT2D eigenvalue weighted by molar-refractivity contribution is 7.22. The molecule has 0 spiro atoms. The van der Waals surface area contributed by atoms with Crippen LogP contribution in [0.3, 0.4) is 0 Å². The van der Waals surface area contributed by atoms with Crippen LogP contribution >= 0.6 is 11.3 Å². The molecule has 7 nitrogen and oxygen atoms in total. The third-order valence-electron chi connectivity index (χ3n) is 5.09. The maximum atomic E-state index is 6.23. The Kier molecular flexibility index (Phi) is 3.76. The zero-order valence-electron chi connectivity index (χ0n) is 15.2. The Balaban J connectivity index is 1.76. The van der Waals surface area contributed by atoms with Crippen molar-refractivity contribution in [2.75, 3.05) is 25.9 Å². The van der Waals surface area contributed by atoms with Crippen molar-refractivity contribution >= 4 is 32.8 Å². The number of nitrogens with zero attached hydrogens (tertiary/aromatic N) is 4. The number of benzene rings is 1.